The second-order valence-electron chi connectivity index (χ2n) is 4.04. The van der Waals surface area contributed by atoms with Gasteiger partial charge in [-0.05, 0) is 19.3 Å². The molecule has 14 heavy (non-hydrogen) atoms. The fourth-order valence-electron chi connectivity index (χ4n) is 1.38. The molecule has 0 unspecified atom stereocenters. The van der Waals surface area contributed by atoms with Crippen molar-refractivity contribution in [3.63, 3.8) is 0 Å². The largest absolute Gasteiger partial charge is 0.310 e. The van der Waals surface area contributed by atoms with Gasteiger partial charge in [0.15, 0.2) is 0 Å². The van der Waals surface area contributed by atoms with Crippen molar-refractivity contribution < 1.29 is 0 Å². The van der Waals surface area contributed by atoms with Crippen LogP contribution in [-0.2, 0) is 12.8 Å². The van der Waals surface area contributed by atoms with Crippen molar-refractivity contribution in [3.8, 4) is 0 Å². The van der Waals surface area contributed by atoms with Crippen molar-refractivity contribution in [3.05, 3.63) is 27.4 Å². The quantitative estimate of drug-likeness (QED) is 0.798. The molecule has 1 N–H and O–H groups in total. The summed E-state index contributed by atoms with van der Waals surface area (Å²) < 4.78 is 0. The Morgan fingerprint density at radius 1 is 1.43 bits per heavy atom. The molecular formula is C11H18N2O. The molecular weight excluding hydrogens is 176 g/mol. The van der Waals surface area contributed by atoms with Gasteiger partial charge in [-0.1, -0.05) is 20.8 Å². The molecule has 0 fully saturated rings. The molecule has 0 bridgehead atoms. The summed E-state index contributed by atoms with van der Waals surface area (Å²) in [7, 11) is 0. The molecule has 0 spiro atoms. The van der Waals surface area contributed by atoms with Crippen molar-refractivity contribution in [2.45, 2.75) is 40.5 Å². The van der Waals surface area contributed by atoms with Gasteiger partial charge in [0.2, 0.25) is 0 Å². The summed E-state index contributed by atoms with van der Waals surface area (Å²) in [6, 6.07) is 0. The first-order valence-corrected chi connectivity index (χ1v) is 5.13. The lowest BCUT2D eigenvalue weighted by molar-refractivity contribution is 0.625. The molecule has 3 heteroatoms. The maximum Gasteiger partial charge on any atom is 0.254 e. The lowest BCUT2D eigenvalue weighted by atomic mass is 10.0. The lowest BCUT2D eigenvalue weighted by Crippen LogP contribution is -2.18. The van der Waals surface area contributed by atoms with E-state index in [9.17, 15) is 4.79 Å². The minimum absolute atomic E-state index is 0.00694. The predicted octanol–water partition coefficient (Wildman–Crippen LogP) is 1.84. The van der Waals surface area contributed by atoms with Crippen LogP contribution in [0.15, 0.2) is 4.79 Å². The number of nitrogens with one attached hydrogen (secondary N) is 1. The molecule has 0 radical (unpaired) electrons. The summed E-state index contributed by atoms with van der Waals surface area (Å²) in [5, 5.41) is 0. The molecule has 1 aromatic rings. The molecule has 0 atom stereocenters. The Balaban J connectivity index is 3.14. The van der Waals surface area contributed by atoms with Crippen LogP contribution in [-0.4, -0.2) is 9.97 Å². The molecule has 0 aliphatic rings. The topological polar surface area (TPSA) is 45.8 Å². The van der Waals surface area contributed by atoms with Crippen LogP contribution in [0.3, 0.4) is 0 Å². The Labute approximate surface area is 84.6 Å². The van der Waals surface area contributed by atoms with Crippen molar-refractivity contribution in [1.29, 1.82) is 0 Å². The highest BCUT2D eigenvalue weighted by Crippen LogP contribution is 2.07. The fraction of sp³-hybridized carbons (Fsp3) is 0.636. The first-order chi connectivity index (χ1) is 6.54. The van der Waals surface area contributed by atoms with Gasteiger partial charge in [0, 0.05) is 12.0 Å². The Kier molecular flexibility index (Phi) is 3.44. The van der Waals surface area contributed by atoms with Crippen LogP contribution in [0.2, 0.25) is 0 Å². The molecule has 78 valence electrons. The van der Waals surface area contributed by atoms with Crippen molar-refractivity contribution in [1.82, 2.24) is 9.97 Å². The first-order valence-electron chi connectivity index (χ1n) is 5.13. The highest BCUT2D eigenvalue weighted by molar-refractivity contribution is 5.16. The van der Waals surface area contributed by atoms with Gasteiger partial charge < -0.3 is 4.98 Å². The Bertz CT molecular complexity index is 366. The molecule has 1 aromatic heterocycles. The summed E-state index contributed by atoms with van der Waals surface area (Å²) in [5.74, 6) is 1.32. The molecule has 0 amide bonds. The van der Waals surface area contributed by atoms with Crippen molar-refractivity contribution >= 4 is 0 Å². The predicted molar refractivity (Wildman–Crippen MR) is 57.5 cm³/mol. The minimum atomic E-state index is 0.00694. The van der Waals surface area contributed by atoms with Crippen molar-refractivity contribution in [2.24, 2.45) is 5.92 Å². The third-order valence-corrected chi connectivity index (χ3v) is 2.24. The zero-order valence-electron chi connectivity index (χ0n) is 9.35. The zero-order valence-corrected chi connectivity index (χ0v) is 9.35. The van der Waals surface area contributed by atoms with Gasteiger partial charge in [-0.25, -0.2) is 4.98 Å². The summed E-state index contributed by atoms with van der Waals surface area (Å²) in [5.41, 5.74) is 1.71. The number of H-pyrrole nitrogens is 1. The number of hydrogen-bond acceptors (Lipinski definition) is 2. The Hall–Kier alpha value is -1.12. The molecule has 0 aliphatic heterocycles. The number of aromatic amines is 1. The number of rotatable bonds is 3. The Morgan fingerprint density at radius 2 is 2.07 bits per heavy atom. The van der Waals surface area contributed by atoms with Gasteiger partial charge in [0.25, 0.3) is 5.56 Å². The van der Waals surface area contributed by atoms with Crippen LogP contribution in [0.1, 0.15) is 37.9 Å². The third-order valence-electron chi connectivity index (χ3n) is 2.24. The van der Waals surface area contributed by atoms with Gasteiger partial charge in [0.05, 0.1) is 5.69 Å². The maximum absolute atomic E-state index is 11.5. The van der Waals surface area contributed by atoms with Crippen LogP contribution in [0.4, 0.5) is 0 Å². The first kappa shape index (κ1) is 11.0. The van der Waals surface area contributed by atoms with Crippen LogP contribution in [0.25, 0.3) is 0 Å². The molecule has 1 heterocycles. The molecule has 0 saturated heterocycles. The lowest BCUT2D eigenvalue weighted by Gasteiger charge is -2.08. The van der Waals surface area contributed by atoms with Gasteiger partial charge in [-0.2, -0.15) is 0 Å². The Morgan fingerprint density at radius 3 is 2.57 bits per heavy atom. The van der Waals surface area contributed by atoms with Gasteiger partial charge in [-0.15, -0.1) is 0 Å². The van der Waals surface area contributed by atoms with Crippen LogP contribution >= 0.6 is 0 Å². The third kappa shape index (κ3) is 2.44. The van der Waals surface area contributed by atoms with E-state index in [1.54, 1.807) is 0 Å². The van der Waals surface area contributed by atoms with Gasteiger partial charge >= 0.3 is 0 Å². The van der Waals surface area contributed by atoms with Crippen molar-refractivity contribution in [2.75, 3.05) is 0 Å². The van der Waals surface area contributed by atoms with E-state index in [1.165, 1.54) is 0 Å². The van der Waals surface area contributed by atoms with E-state index in [4.69, 9.17) is 0 Å². The van der Waals surface area contributed by atoms with Gasteiger partial charge in [0.1, 0.15) is 5.82 Å². The van der Waals surface area contributed by atoms with Crippen LogP contribution in [0.5, 0.6) is 0 Å². The van der Waals surface area contributed by atoms with E-state index in [2.05, 4.69) is 23.8 Å². The second-order valence-corrected chi connectivity index (χ2v) is 4.04. The molecule has 0 aliphatic carbocycles. The van der Waals surface area contributed by atoms with E-state index >= 15 is 0 Å². The summed E-state index contributed by atoms with van der Waals surface area (Å²) in [6.07, 6.45) is 1.66. The number of hydrogen-bond donors (Lipinski definition) is 1. The van der Waals surface area contributed by atoms with E-state index in [0.29, 0.717) is 5.92 Å². The standard InChI is InChI=1S/C11H18N2O/c1-5-10-12-9(6-7(2)3)8(4)11(14)13-10/h7H,5-6H2,1-4H3,(H,12,13,14). The summed E-state index contributed by atoms with van der Waals surface area (Å²) >= 11 is 0. The number of aromatic nitrogens is 2. The highest BCUT2D eigenvalue weighted by atomic mass is 16.1. The molecule has 1 rings (SSSR count). The molecule has 0 saturated carbocycles. The highest BCUT2D eigenvalue weighted by Gasteiger charge is 2.07. The van der Waals surface area contributed by atoms with Gasteiger partial charge in [-0.3, -0.25) is 4.79 Å². The van der Waals surface area contributed by atoms with Crippen LogP contribution < -0.4 is 5.56 Å². The molecule has 3 nitrogen and oxygen atoms in total. The summed E-state index contributed by atoms with van der Waals surface area (Å²) in [6.45, 7) is 8.09. The van der Waals surface area contributed by atoms with Crippen LogP contribution in [0, 0.1) is 12.8 Å². The van der Waals surface area contributed by atoms with E-state index < -0.39 is 0 Å². The normalized spacial score (nSPS) is 10.9. The van der Waals surface area contributed by atoms with E-state index in [1.807, 2.05) is 13.8 Å². The fourth-order valence-corrected chi connectivity index (χ4v) is 1.38. The number of aryl methyl sites for hydroxylation is 1. The van der Waals surface area contributed by atoms with E-state index in [-0.39, 0.29) is 5.56 Å². The number of nitrogens with zero attached hydrogens (tertiary/aromatic N) is 1. The SMILES string of the molecule is CCc1nc(CC(C)C)c(C)c(=O)[nH]1. The monoisotopic (exact) mass is 194 g/mol. The zero-order chi connectivity index (χ0) is 10.7. The maximum atomic E-state index is 11.5. The minimum Gasteiger partial charge on any atom is -0.310 e. The summed E-state index contributed by atoms with van der Waals surface area (Å²) in [4.78, 5) is 18.7. The second kappa shape index (κ2) is 4.40. The smallest absolute Gasteiger partial charge is 0.254 e. The van der Waals surface area contributed by atoms with E-state index in [0.717, 1.165) is 29.9 Å². The average molecular weight is 194 g/mol. The average Bonchev–Trinajstić information content (AvgIpc) is 2.11. The molecule has 0 aromatic carbocycles.